The first kappa shape index (κ1) is 18.1. The van der Waals surface area contributed by atoms with Crippen LogP contribution in [0.4, 0.5) is 18.9 Å². The summed E-state index contributed by atoms with van der Waals surface area (Å²) in [6.07, 6.45) is -3.79. The number of tetrazole rings is 1. The number of nitro benzene ring substituents is 1. The van der Waals surface area contributed by atoms with Crippen LogP contribution in [0.1, 0.15) is 6.17 Å². The smallest absolute Gasteiger partial charge is 0.417 e. The second kappa shape index (κ2) is 6.24. The molecule has 0 amide bonds. The Hall–Kier alpha value is -3.68. The number of halogens is 3. The van der Waals surface area contributed by atoms with Crippen molar-refractivity contribution < 1.29 is 33.5 Å². The van der Waals surface area contributed by atoms with Crippen LogP contribution in [0, 0.1) is 10.1 Å². The third-order valence-corrected chi connectivity index (χ3v) is 3.51. The van der Waals surface area contributed by atoms with Gasteiger partial charge in [-0.05, 0) is 23.4 Å². The highest BCUT2D eigenvalue weighted by Crippen LogP contribution is 2.38. The molecule has 0 fully saturated rings. The molecule has 2 heterocycles. The van der Waals surface area contributed by atoms with Gasteiger partial charge in [0.25, 0.3) is 0 Å². The lowest BCUT2D eigenvalue weighted by atomic mass is 10.1. The Morgan fingerprint density at radius 2 is 1.96 bits per heavy atom. The predicted octanol–water partition coefficient (Wildman–Crippen LogP) is 1.87. The van der Waals surface area contributed by atoms with E-state index in [9.17, 15) is 38.7 Å². The van der Waals surface area contributed by atoms with E-state index in [1.807, 2.05) is 0 Å². The van der Waals surface area contributed by atoms with Gasteiger partial charge in [-0.3, -0.25) is 15.3 Å². The lowest BCUT2D eigenvalue weighted by molar-refractivity contribution is -0.385. The number of phenols is 2. The summed E-state index contributed by atoms with van der Waals surface area (Å²) in [7, 11) is 0. The molecule has 14 heteroatoms. The van der Waals surface area contributed by atoms with Crippen molar-refractivity contribution in [2.75, 3.05) is 0 Å². The van der Waals surface area contributed by atoms with Crippen LogP contribution in [0.3, 0.4) is 0 Å². The van der Waals surface area contributed by atoms with Crippen LogP contribution in [0.5, 0.6) is 11.5 Å². The third kappa shape index (κ3) is 3.37. The summed E-state index contributed by atoms with van der Waals surface area (Å²) in [5.41, 5.74) is -1.99. The summed E-state index contributed by atoms with van der Waals surface area (Å²) < 4.78 is 37.9. The van der Waals surface area contributed by atoms with Crippen LogP contribution >= 0.6 is 0 Å². The van der Waals surface area contributed by atoms with E-state index in [-0.39, 0.29) is 16.5 Å². The standard InChI is InChI=1S/C13H9F3N6O5/c14-13(15,16)7-1-2-10(20(25)5-7)21-18-12(17-19-21)6-3-8(22(26)27)11(24)9(23)4-6/h1-5,10,23-25H. The maximum Gasteiger partial charge on any atom is 0.417 e. The topological polar surface area (TPSA) is 151 Å². The molecule has 0 saturated carbocycles. The van der Waals surface area contributed by atoms with E-state index in [0.29, 0.717) is 6.20 Å². The van der Waals surface area contributed by atoms with Gasteiger partial charge in [-0.2, -0.15) is 13.2 Å². The molecule has 3 N–H and O–H groups in total. The van der Waals surface area contributed by atoms with Gasteiger partial charge in [0.05, 0.1) is 10.5 Å². The Morgan fingerprint density at radius 1 is 1.26 bits per heavy atom. The Kier molecular flexibility index (Phi) is 4.19. The van der Waals surface area contributed by atoms with Gasteiger partial charge >= 0.3 is 11.9 Å². The average molecular weight is 386 g/mol. The van der Waals surface area contributed by atoms with Gasteiger partial charge in [-0.1, -0.05) is 0 Å². The molecule has 142 valence electrons. The van der Waals surface area contributed by atoms with E-state index < -0.39 is 40.0 Å². The molecule has 1 aromatic carbocycles. The number of hydrogen-bond acceptors (Lipinski definition) is 9. The van der Waals surface area contributed by atoms with Crippen LogP contribution < -0.4 is 0 Å². The van der Waals surface area contributed by atoms with Gasteiger partial charge in [0, 0.05) is 17.8 Å². The molecule has 0 radical (unpaired) electrons. The zero-order valence-electron chi connectivity index (χ0n) is 12.9. The first-order valence-corrected chi connectivity index (χ1v) is 7.02. The fraction of sp³-hybridized carbons (Fsp3) is 0.154. The van der Waals surface area contributed by atoms with Crippen molar-refractivity contribution >= 4 is 5.69 Å². The minimum atomic E-state index is -4.66. The quantitative estimate of drug-likeness (QED) is 0.408. The molecule has 1 aromatic heterocycles. The van der Waals surface area contributed by atoms with E-state index >= 15 is 0 Å². The predicted molar refractivity (Wildman–Crippen MR) is 79.2 cm³/mol. The zero-order chi connectivity index (χ0) is 19.9. The molecule has 0 saturated heterocycles. The van der Waals surface area contributed by atoms with Crippen molar-refractivity contribution in [3.8, 4) is 22.9 Å². The first-order chi connectivity index (χ1) is 12.6. The van der Waals surface area contributed by atoms with Crippen molar-refractivity contribution in [3.63, 3.8) is 0 Å². The third-order valence-electron chi connectivity index (χ3n) is 3.51. The maximum atomic E-state index is 12.6. The van der Waals surface area contributed by atoms with Gasteiger partial charge in [-0.15, -0.1) is 15.0 Å². The number of allylic oxidation sites excluding steroid dienone is 2. The van der Waals surface area contributed by atoms with Gasteiger partial charge in [0.1, 0.15) is 0 Å². The van der Waals surface area contributed by atoms with Crippen molar-refractivity contribution in [3.05, 3.63) is 46.2 Å². The lowest BCUT2D eigenvalue weighted by Gasteiger charge is -2.25. The highest BCUT2D eigenvalue weighted by molar-refractivity contribution is 5.67. The SMILES string of the molecule is O=[N+]([O-])c1cc(-c2nnn(C3C=CC(C(F)(F)F)=CN3O)n2)cc(O)c1O. The maximum absolute atomic E-state index is 12.6. The Morgan fingerprint density at radius 3 is 2.56 bits per heavy atom. The average Bonchev–Trinajstić information content (AvgIpc) is 3.05. The van der Waals surface area contributed by atoms with Gasteiger partial charge in [0.15, 0.2) is 11.9 Å². The summed E-state index contributed by atoms with van der Waals surface area (Å²) in [4.78, 5) is 10.7. The van der Waals surface area contributed by atoms with E-state index in [0.717, 1.165) is 29.1 Å². The van der Waals surface area contributed by atoms with Crippen LogP contribution in [-0.2, 0) is 0 Å². The molecule has 11 nitrogen and oxygen atoms in total. The molecule has 0 spiro atoms. The fourth-order valence-corrected chi connectivity index (χ4v) is 2.22. The van der Waals surface area contributed by atoms with Crippen LogP contribution in [-0.4, -0.2) is 51.8 Å². The van der Waals surface area contributed by atoms with Crippen molar-refractivity contribution in [2.24, 2.45) is 0 Å². The highest BCUT2D eigenvalue weighted by atomic mass is 19.4. The van der Waals surface area contributed by atoms with Gasteiger partial charge in [-0.25, -0.2) is 5.06 Å². The fourth-order valence-electron chi connectivity index (χ4n) is 2.22. The van der Waals surface area contributed by atoms with E-state index in [2.05, 4.69) is 15.4 Å². The van der Waals surface area contributed by atoms with Gasteiger partial charge in [0.2, 0.25) is 11.6 Å². The molecule has 0 aliphatic carbocycles. The molecule has 1 unspecified atom stereocenters. The minimum absolute atomic E-state index is 0.0842. The number of aromatic hydroxyl groups is 2. The number of nitrogens with zero attached hydrogens (tertiary/aromatic N) is 6. The number of hydroxylamine groups is 2. The second-order valence-electron chi connectivity index (χ2n) is 5.29. The number of benzene rings is 1. The number of phenolic OH excluding ortho intramolecular Hbond substituents is 2. The Labute approximate surface area is 147 Å². The van der Waals surface area contributed by atoms with E-state index in [4.69, 9.17) is 0 Å². The molecule has 1 atom stereocenters. The largest absolute Gasteiger partial charge is 0.504 e. The number of alkyl halides is 3. The summed E-state index contributed by atoms with van der Waals surface area (Å²) in [6.45, 7) is 0. The summed E-state index contributed by atoms with van der Waals surface area (Å²) >= 11 is 0. The Balaban J connectivity index is 1.92. The van der Waals surface area contributed by atoms with E-state index in [1.165, 1.54) is 0 Å². The minimum Gasteiger partial charge on any atom is -0.504 e. The lowest BCUT2D eigenvalue weighted by Crippen LogP contribution is -2.30. The number of hydrogen-bond donors (Lipinski definition) is 3. The monoisotopic (exact) mass is 386 g/mol. The Bertz CT molecular complexity index is 970. The first-order valence-electron chi connectivity index (χ1n) is 7.02. The van der Waals surface area contributed by atoms with Gasteiger partial charge < -0.3 is 10.2 Å². The van der Waals surface area contributed by atoms with Crippen LogP contribution in [0.25, 0.3) is 11.4 Å². The molecule has 1 aliphatic heterocycles. The van der Waals surface area contributed by atoms with Crippen molar-refractivity contribution in [2.45, 2.75) is 12.3 Å². The number of rotatable bonds is 3. The molecule has 0 bridgehead atoms. The highest BCUT2D eigenvalue weighted by Gasteiger charge is 2.35. The number of aromatic nitrogens is 4. The number of nitro groups is 1. The normalized spacial score (nSPS) is 17.1. The molecule has 2 aromatic rings. The molecule has 3 rings (SSSR count). The molecular weight excluding hydrogens is 377 g/mol. The second-order valence-corrected chi connectivity index (χ2v) is 5.29. The van der Waals surface area contributed by atoms with Crippen molar-refractivity contribution in [1.82, 2.24) is 25.3 Å². The van der Waals surface area contributed by atoms with Crippen LogP contribution in [0.2, 0.25) is 0 Å². The molecule has 1 aliphatic rings. The summed E-state index contributed by atoms with van der Waals surface area (Å²) in [6, 6.07) is 1.82. The van der Waals surface area contributed by atoms with Crippen LogP contribution in [0.15, 0.2) is 36.1 Å². The molecular formula is C13H9F3N6O5. The summed E-state index contributed by atoms with van der Waals surface area (Å²) in [5.74, 6) is -1.98. The zero-order valence-corrected chi connectivity index (χ0v) is 12.9. The van der Waals surface area contributed by atoms with Crippen molar-refractivity contribution in [1.29, 1.82) is 0 Å². The molecule has 27 heavy (non-hydrogen) atoms. The summed E-state index contributed by atoms with van der Waals surface area (Å²) in [5, 5.41) is 50.9. The van der Waals surface area contributed by atoms with E-state index in [1.54, 1.807) is 0 Å².